The summed E-state index contributed by atoms with van der Waals surface area (Å²) in [5.41, 5.74) is 2.15. The topological polar surface area (TPSA) is 57.9 Å². The lowest BCUT2D eigenvalue weighted by molar-refractivity contribution is 0.415. The molecule has 0 bridgehead atoms. The van der Waals surface area contributed by atoms with E-state index >= 15 is 0 Å². The summed E-state index contributed by atoms with van der Waals surface area (Å²) >= 11 is 6.01. The van der Waals surface area contributed by atoms with Gasteiger partial charge >= 0.3 is 5.69 Å². The summed E-state index contributed by atoms with van der Waals surface area (Å²) < 4.78 is 5.06. The van der Waals surface area contributed by atoms with Gasteiger partial charge in [-0.1, -0.05) is 11.6 Å². The molecule has 2 aromatic rings. The van der Waals surface area contributed by atoms with E-state index < -0.39 is 0 Å². The predicted molar refractivity (Wildman–Crippen MR) is 63.1 cm³/mol. The van der Waals surface area contributed by atoms with Crippen LogP contribution in [-0.4, -0.2) is 17.1 Å². The number of nitrogens with one attached hydrogen (secondary N) is 2. The van der Waals surface area contributed by atoms with Gasteiger partial charge in [0.2, 0.25) is 0 Å². The van der Waals surface area contributed by atoms with E-state index in [1.165, 1.54) is 0 Å². The molecule has 0 fully saturated rings. The second kappa shape index (κ2) is 4.06. The zero-order valence-electron chi connectivity index (χ0n) is 8.93. The van der Waals surface area contributed by atoms with Gasteiger partial charge in [-0.05, 0) is 25.1 Å². The van der Waals surface area contributed by atoms with E-state index in [-0.39, 0.29) is 5.69 Å². The van der Waals surface area contributed by atoms with Crippen LogP contribution in [0.4, 0.5) is 0 Å². The van der Waals surface area contributed by atoms with Crippen LogP contribution in [0.2, 0.25) is 5.02 Å². The number of hydrogen-bond acceptors (Lipinski definition) is 2. The average Bonchev–Trinajstić information content (AvgIpc) is 2.58. The van der Waals surface area contributed by atoms with Crippen molar-refractivity contribution in [3.8, 4) is 17.0 Å². The van der Waals surface area contributed by atoms with Crippen LogP contribution in [0, 0.1) is 6.92 Å². The number of rotatable bonds is 2. The van der Waals surface area contributed by atoms with Gasteiger partial charge in [0.05, 0.1) is 17.8 Å². The number of benzene rings is 1. The maximum atomic E-state index is 11.1. The van der Waals surface area contributed by atoms with Gasteiger partial charge in [-0.3, -0.25) is 0 Å². The SMILES string of the molecule is COc1ccc(-c2[nH]c(=O)[nH]c2C)cc1Cl. The van der Waals surface area contributed by atoms with Crippen molar-refractivity contribution in [1.29, 1.82) is 0 Å². The molecule has 5 heteroatoms. The number of aryl methyl sites for hydroxylation is 1. The minimum Gasteiger partial charge on any atom is -0.495 e. The number of aromatic amines is 2. The Balaban J connectivity index is 2.53. The molecule has 0 spiro atoms. The summed E-state index contributed by atoms with van der Waals surface area (Å²) in [6.07, 6.45) is 0. The van der Waals surface area contributed by atoms with Gasteiger partial charge < -0.3 is 14.7 Å². The summed E-state index contributed by atoms with van der Waals surface area (Å²) in [4.78, 5) is 16.5. The number of ether oxygens (including phenoxy) is 1. The highest BCUT2D eigenvalue weighted by atomic mass is 35.5. The predicted octanol–water partition coefficient (Wildman–Crippen LogP) is 2.34. The maximum absolute atomic E-state index is 11.1. The first-order valence-corrected chi connectivity index (χ1v) is 5.12. The number of halogens is 1. The minimum atomic E-state index is -0.223. The summed E-state index contributed by atoms with van der Waals surface area (Å²) in [5, 5.41) is 0.515. The van der Waals surface area contributed by atoms with Crippen LogP contribution in [0.25, 0.3) is 11.3 Å². The van der Waals surface area contributed by atoms with Crippen molar-refractivity contribution in [2.24, 2.45) is 0 Å². The zero-order valence-corrected chi connectivity index (χ0v) is 9.68. The van der Waals surface area contributed by atoms with E-state index in [9.17, 15) is 4.79 Å². The Hall–Kier alpha value is -1.68. The lowest BCUT2D eigenvalue weighted by Crippen LogP contribution is -2.00. The van der Waals surface area contributed by atoms with Crippen molar-refractivity contribution in [3.05, 3.63) is 39.4 Å². The third kappa shape index (κ3) is 1.84. The number of hydrogen-bond donors (Lipinski definition) is 2. The van der Waals surface area contributed by atoms with Crippen LogP contribution in [0.3, 0.4) is 0 Å². The highest BCUT2D eigenvalue weighted by Crippen LogP contribution is 2.29. The van der Waals surface area contributed by atoms with Crippen LogP contribution < -0.4 is 10.4 Å². The molecule has 0 saturated carbocycles. The summed E-state index contributed by atoms with van der Waals surface area (Å²) in [6.45, 7) is 1.82. The fourth-order valence-corrected chi connectivity index (χ4v) is 1.84. The molecular formula is C11H11ClN2O2. The molecule has 0 saturated heterocycles. The molecule has 0 amide bonds. The fourth-order valence-electron chi connectivity index (χ4n) is 1.58. The van der Waals surface area contributed by atoms with E-state index in [1.807, 2.05) is 13.0 Å². The van der Waals surface area contributed by atoms with Crippen LogP contribution in [0.15, 0.2) is 23.0 Å². The van der Waals surface area contributed by atoms with Crippen LogP contribution >= 0.6 is 11.6 Å². The van der Waals surface area contributed by atoms with Gasteiger partial charge in [-0.25, -0.2) is 4.79 Å². The molecule has 0 unspecified atom stereocenters. The van der Waals surface area contributed by atoms with Gasteiger partial charge in [0, 0.05) is 11.3 Å². The van der Waals surface area contributed by atoms with E-state index in [1.54, 1.807) is 19.2 Å². The lowest BCUT2D eigenvalue weighted by atomic mass is 10.1. The van der Waals surface area contributed by atoms with Gasteiger partial charge in [-0.2, -0.15) is 0 Å². The minimum absolute atomic E-state index is 0.223. The van der Waals surface area contributed by atoms with Crippen molar-refractivity contribution in [3.63, 3.8) is 0 Å². The summed E-state index contributed by atoms with van der Waals surface area (Å²) in [5.74, 6) is 0.612. The molecule has 4 nitrogen and oxygen atoms in total. The number of methoxy groups -OCH3 is 1. The number of aromatic nitrogens is 2. The van der Waals surface area contributed by atoms with E-state index in [0.29, 0.717) is 10.8 Å². The lowest BCUT2D eigenvalue weighted by Gasteiger charge is -2.05. The Bertz CT molecular complexity index is 572. The molecule has 0 aliphatic carbocycles. The first kappa shape index (κ1) is 10.8. The van der Waals surface area contributed by atoms with Crippen LogP contribution in [0.1, 0.15) is 5.69 Å². The second-order valence-electron chi connectivity index (χ2n) is 3.43. The number of imidazole rings is 1. The summed E-state index contributed by atoms with van der Waals surface area (Å²) in [7, 11) is 1.56. The van der Waals surface area contributed by atoms with Crippen molar-refractivity contribution >= 4 is 11.6 Å². The first-order valence-electron chi connectivity index (χ1n) is 4.74. The van der Waals surface area contributed by atoms with Crippen molar-refractivity contribution in [2.45, 2.75) is 6.92 Å². The second-order valence-corrected chi connectivity index (χ2v) is 3.84. The monoisotopic (exact) mass is 238 g/mol. The Labute approximate surface area is 97.2 Å². The average molecular weight is 239 g/mol. The van der Waals surface area contributed by atoms with Crippen LogP contribution in [-0.2, 0) is 0 Å². The highest BCUT2D eigenvalue weighted by molar-refractivity contribution is 6.32. The van der Waals surface area contributed by atoms with Gasteiger partial charge in [0.1, 0.15) is 5.75 Å². The Morgan fingerprint density at radius 1 is 1.31 bits per heavy atom. The Morgan fingerprint density at radius 3 is 2.56 bits per heavy atom. The molecular weight excluding hydrogens is 228 g/mol. The Morgan fingerprint density at radius 2 is 2.06 bits per heavy atom. The van der Waals surface area contributed by atoms with Crippen molar-refractivity contribution in [1.82, 2.24) is 9.97 Å². The van der Waals surface area contributed by atoms with Crippen molar-refractivity contribution in [2.75, 3.05) is 7.11 Å². The smallest absolute Gasteiger partial charge is 0.323 e. The fraction of sp³-hybridized carbons (Fsp3) is 0.182. The molecule has 16 heavy (non-hydrogen) atoms. The van der Waals surface area contributed by atoms with Gasteiger partial charge in [-0.15, -0.1) is 0 Å². The third-order valence-electron chi connectivity index (χ3n) is 2.36. The molecule has 0 aliphatic rings. The molecule has 2 N–H and O–H groups in total. The molecule has 1 heterocycles. The van der Waals surface area contributed by atoms with Gasteiger partial charge in [0.25, 0.3) is 0 Å². The van der Waals surface area contributed by atoms with E-state index in [4.69, 9.17) is 16.3 Å². The molecule has 84 valence electrons. The zero-order chi connectivity index (χ0) is 11.7. The molecule has 0 aliphatic heterocycles. The van der Waals surface area contributed by atoms with Crippen LogP contribution in [0.5, 0.6) is 5.75 Å². The molecule has 1 aromatic heterocycles. The highest BCUT2D eigenvalue weighted by Gasteiger charge is 2.08. The largest absolute Gasteiger partial charge is 0.495 e. The van der Waals surface area contributed by atoms with Gasteiger partial charge in [0.15, 0.2) is 0 Å². The number of H-pyrrole nitrogens is 2. The maximum Gasteiger partial charge on any atom is 0.323 e. The molecule has 0 radical (unpaired) electrons. The molecule has 2 rings (SSSR count). The summed E-state index contributed by atoms with van der Waals surface area (Å²) in [6, 6.07) is 5.37. The molecule has 0 atom stereocenters. The van der Waals surface area contributed by atoms with Crippen molar-refractivity contribution < 1.29 is 4.74 Å². The normalized spacial score (nSPS) is 10.4. The third-order valence-corrected chi connectivity index (χ3v) is 2.65. The molecule has 1 aromatic carbocycles. The van der Waals surface area contributed by atoms with E-state index in [2.05, 4.69) is 9.97 Å². The standard InChI is InChI=1S/C11H11ClN2O2/c1-6-10(14-11(15)13-6)7-3-4-9(16-2)8(12)5-7/h3-5H,1-2H3,(H2,13,14,15). The Kier molecular flexibility index (Phi) is 2.75. The first-order chi connectivity index (χ1) is 7.61. The van der Waals surface area contributed by atoms with E-state index in [0.717, 1.165) is 17.0 Å². The quantitative estimate of drug-likeness (QED) is 0.844.